The van der Waals surface area contributed by atoms with Crippen molar-refractivity contribution in [1.29, 1.82) is 0 Å². The Bertz CT molecular complexity index is 562. The van der Waals surface area contributed by atoms with Crippen molar-refractivity contribution in [3.05, 3.63) is 28.8 Å². The number of hydrogen-bond acceptors (Lipinski definition) is 2. The minimum Gasteiger partial charge on any atom is -0.219 e. The molecule has 0 fully saturated rings. The van der Waals surface area contributed by atoms with Gasteiger partial charge in [-0.2, -0.15) is 4.99 Å². The number of aliphatic imine (C=N–C) groups is 2. The Labute approximate surface area is 123 Å². The minimum absolute atomic E-state index is 0.117. The van der Waals surface area contributed by atoms with Gasteiger partial charge in [-0.1, -0.05) is 26.8 Å². The maximum atomic E-state index is 4.52. The van der Waals surface area contributed by atoms with Gasteiger partial charge in [0.15, 0.2) is 0 Å². The molecule has 2 rings (SSSR count). The van der Waals surface area contributed by atoms with Crippen LogP contribution >= 0.6 is 0 Å². The smallest absolute Gasteiger partial charge is 0.0954 e. The van der Waals surface area contributed by atoms with Gasteiger partial charge in [0, 0.05) is 0 Å². The van der Waals surface area contributed by atoms with Crippen molar-refractivity contribution in [2.45, 2.75) is 71.8 Å². The van der Waals surface area contributed by atoms with Gasteiger partial charge in [-0.25, -0.2) is 4.99 Å². The first-order valence-corrected chi connectivity index (χ1v) is 7.51. The molecule has 20 heavy (non-hydrogen) atoms. The van der Waals surface area contributed by atoms with Gasteiger partial charge in [0.25, 0.3) is 0 Å². The summed E-state index contributed by atoms with van der Waals surface area (Å²) < 4.78 is 0. The summed E-state index contributed by atoms with van der Waals surface area (Å²) in [6.45, 7) is 12.9. The highest BCUT2D eigenvalue weighted by atomic mass is 14.9. The lowest BCUT2D eigenvalue weighted by atomic mass is 9.85. The number of aryl methyl sites for hydroxylation is 1. The average molecular weight is 270 g/mol. The fourth-order valence-corrected chi connectivity index (χ4v) is 2.44. The molecule has 108 valence electrons. The van der Waals surface area contributed by atoms with Crippen LogP contribution in [0.25, 0.3) is 0 Å². The van der Waals surface area contributed by atoms with Crippen molar-refractivity contribution in [2.24, 2.45) is 9.98 Å². The zero-order valence-corrected chi connectivity index (χ0v) is 13.7. The van der Waals surface area contributed by atoms with Crippen LogP contribution in [-0.2, 0) is 18.3 Å². The highest BCUT2D eigenvalue weighted by Gasteiger charge is 2.21. The topological polar surface area (TPSA) is 24.7 Å². The van der Waals surface area contributed by atoms with Crippen molar-refractivity contribution in [2.75, 3.05) is 0 Å². The molecule has 1 aromatic carbocycles. The third-order valence-corrected chi connectivity index (χ3v) is 3.61. The van der Waals surface area contributed by atoms with Crippen LogP contribution in [0.1, 0.15) is 64.7 Å². The van der Waals surface area contributed by atoms with Crippen LogP contribution in [0.3, 0.4) is 0 Å². The number of hydrogen-bond donors (Lipinski definition) is 0. The summed E-state index contributed by atoms with van der Waals surface area (Å²) in [5.74, 6) is 0. The lowest BCUT2D eigenvalue weighted by Crippen LogP contribution is -2.11. The summed E-state index contributed by atoms with van der Waals surface area (Å²) in [7, 11) is 0. The molecular formula is C18H26N2. The second-order valence-corrected chi connectivity index (χ2v) is 7.73. The fourth-order valence-electron chi connectivity index (χ4n) is 2.44. The molecular weight excluding hydrogens is 244 g/mol. The first kappa shape index (κ1) is 15.0. The lowest BCUT2D eigenvalue weighted by Gasteiger charge is -2.21. The van der Waals surface area contributed by atoms with E-state index in [1.165, 1.54) is 29.5 Å². The largest absolute Gasteiger partial charge is 0.219 e. The quantitative estimate of drug-likeness (QED) is 0.636. The molecule has 1 aliphatic rings. The van der Waals surface area contributed by atoms with Gasteiger partial charge < -0.3 is 0 Å². The van der Waals surface area contributed by atoms with Crippen LogP contribution in [0.5, 0.6) is 0 Å². The molecule has 0 aliphatic heterocycles. The highest BCUT2D eigenvalue weighted by Crippen LogP contribution is 2.36. The molecule has 0 saturated heterocycles. The van der Waals surface area contributed by atoms with E-state index in [-0.39, 0.29) is 11.0 Å². The van der Waals surface area contributed by atoms with Crippen LogP contribution in [0, 0.1) is 0 Å². The van der Waals surface area contributed by atoms with Crippen LogP contribution in [-0.4, -0.2) is 11.5 Å². The summed E-state index contributed by atoms with van der Waals surface area (Å²) in [6, 6.07) is 7.48. The number of benzene rings is 1. The van der Waals surface area contributed by atoms with Gasteiger partial charge >= 0.3 is 0 Å². The summed E-state index contributed by atoms with van der Waals surface area (Å²) in [6.07, 6.45) is 3.55. The van der Waals surface area contributed by atoms with Gasteiger partial charge in [0.2, 0.25) is 0 Å². The Hall–Kier alpha value is -1.40. The first-order valence-electron chi connectivity index (χ1n) is 7.51. The van der Waals surface area contributed by atoms with Crippen molar-refractivity contribution < 1.29 is 0 Å². The third-order valence-electron chi connectivity index (χ3n) is 3.61. The Morgan fingerprint density at radius 1 is 1.00 bits per heavy atom. The Morgan fingerprint density at radius 2 is 1.70 bits per heavy atom. The molecule has 0 atom stereocenters. The molecule has 0 spiro atoms. The molecule has 0 bridgehead atoms. The Kier molecular flexibility index (Phi) is 3.88. The van der Waals surface area contributed by atoms with Crippen LogP contribution in [0.2, 0.25) is 0 Å². The third kappa shape index (κ3) is 3.58. The van der Waals surface area contributed by atoms with Crippen molar-refractivity contribution in [3.63, 3.8) is 0 Å². The number of nitrogens with zero attached hydrogens (tertiary/aromatic N) is 2. The predicted octanol–water partition coefficient (Wildman–Crippen LogP) is 5.08. The molecule has 0 heterocycles. The molecule has 2 nitrogen and oxygen atoms in total. The van der Waals surface area contributed by atoms with E-state index < -0.39 is 0 Å². The zero-order chi connectivity index (χ0) is 15.0. The highest BCUT2D eigenvalue weighted by molar-refractivity contribution is 5.61. The molecule has 0 N–H and O–H groups in total. The van der Waals surface area contributed by atoms with Crippen molar-refractivity contribution in [1.82, 2.24) is 0 Å². The van der Waals surface area contributed by atoms with E-state index in [9.17, 15) is 0 Å². The van der Waals surface area contributed by atoms with E-state index in [0.29, 0.717) is 0 Å². The zero-order valence-electron chi connectivity index (χ0n) is 13.7. The summed E-state index contributed by atoms with van der Waals surface area (Å²) in [4.78, 5) is 8.87. The van der Waals surface area contributed by atoms with E-state index in [2.05, 4.69) is 69.7 Å². The maximum absolute atomic E-state index is 4.52. The van der Waals surface area contributed by atoms with E-state index in [4.69, 9.17) is 0 Å². The van der Waals surface area contributed by atoms with Crippen molar-refractivity contribution in [3.8, 4) is 0 Å². The number of rotatable bonds is 1. The summed E-state index contributed by atoms with van der Waals surface area (Å²) in [5, 5.41) is 0. The number of fused-ring (bicyclic) bond motifs is 1. The van der Waals surface area contributed by atoms with E-state index in [1.54, 1.807) is 0 Å². The molecule has 0 unspecified atom stereocenters. The second-order valence-electron chi connectivity index (χ2n) is 7.73. The summed E-state index contributed by atoms with van der Waals surface area (Å²) in [5.41, 5.74) is 5.33. The van der Waals surface area contributed by atoms with Gasteiger partial charge in [0.05, 0.1) is 17.2 Å². The fraction of sp³-hybridized carbons (Fsp3) is 0.611. The van der Waals surface area contributed by atoms with E-state index in [0.717, 1.165) is 12.1 Å². The van der Waals surface area contributed by atoms with Crippen LogP contribution < -0.4 is 0 Å². The normalized spacial score (nSPS) is 14.7. The van der Waals surface area contributed by atoms with Gasteiger partial charge in [-0.15, -0.1) is 0 Å². The Morgan fingerprint density at radius 3 is 2.30 bits per heavy atom. The predicted molar refractivity (Wildman–Crippen MR) is 86.4 cm³/mol. The second kappa shape index (κ2) is 5.18. The Balaban J connectivity index is 2.47. The molecule has 1 aliphatic carbocycles. The van der Waals surface area contributed by atoms with Gasteiger partial charge in [-0.05, 0) is 68.2 Å². The molecule has 1 aromatic rings. The van der Waals surface area contributed by atoms with Crippen LogP contribution in [0.4, 0.5) is 5.69 Å². The molecule has 0 saturated carbocycles. The lowest BCUT2D eigenvalue weighted by molar-refractivity contribution is 0.586. The first-order chi connectivity index (χ1) is 9.17. The van der Waals surface area contributed by atoms with Gasteiger partial charge in [-0.3, -0.25) is 0 Å². The SMILES string of the molecule is CC(C)(C)N=C=Nc1cc(C(C)(C)C)cc2c1CCC2. The molecule has 0 amide bonds. The van der Waals surface area contributed by atoms with E-state index >= 15 is 0 Å². The minimum atomic E-state index is -0.117. The van der Waals surface area contributed by atoms with Gasteiger partial charge in [0.1, 0.15) is 0 Å². The van der Waals surface area contributed by atoms with Crippen LogP contribution in [0.15, 0.2) is 22.1 Å². The van der Waals surface area contributed by atoms with E-state index in [1.807, 2.05) is 0 Å². The van der Waals surface area contributed by atoms with Crippen molar-refractivity contribution >= 4 is 11.7 Å². The standard InChI is InChI=1S/C18H26N2/c1-17(2,3)14-10-13-8-7-9-15(13)16(11-14)19-12-20-18(4,5)6/h10-11H,7-9H2,1-6H3. The maximum Gasteiger partial charge on any atom is 0.0954 e. The molecule has 0 aromatic heterocycles. The monoisotopic (exact) mass is 270 g/mol. The molecule has 2 heteroatoms. The molecule has 0 radical (unpaired) electrons. The summed E-state index contributed by atoms with van der Waals surface area (Å²) >= 11 is 0. The average Bonchev–Trinajstić information content (AvgIpc) is 2.73.